The summed E-state index contributed by atoms with van der Waals surface area (Å²) in [4.78, 5) is 0. The van der Waals surface area contributed by atoms with Gasteiger partial charge in [0.1, 0.15) is 0 Å². The lowest BCUT2D eigenvalue weighted by atomic mass is 9.93. The van der Waals surface area contributed by atoms with E-state index in [0.717, 1.165) is 8.95 Å². The molecule has 0 heterocycles. The third-order valence-electron chi connectivity index (χ3n) is 5.10. The van der Waals surface area contributed by atoms with E-state index in [1.165, 1.54) is 44.5 Å². The van der Waals surface area contributed by atoms with Crippen LogP contribution in [0.25, 0.3) is 33.4 Å². The summed E-state index contributed by atoms with van der Waals surface area (Å²) < 4.78 is 2.21. The first-order chi connectivity index (χ1) is 13.5. The average molecular weight is 492 g/mol. The first-order valence-electron chi connectivity index (χ1n) is 9.25. The van der Waals surface area contributed by atoms with Crippen molar-refractivity contribution >= 4 is 31.9 Å². The fourth-order valence-corrected chi connectivity index (χ4v) is 4.12. The number of hydrogen-bond donors (Lipinski definition) is 0. The monoisotopic (exact) mass is 490 g/mol. The van der Waals surface area contributed by atoms with Crippen LogP contribution in [0.4, 0.5) is 0 Å². The van der Waals surface area contributed by atoms with Crippen LogP contribution in [0.15, 0.2) is 93.9 Å². The summed E-state index contributed by atoms with van der Waals surface area (Å²) in [6.45, 7) is 4.37. The molecule has 0 saturated carbocycles. The Hall–Kier alpha value is -2.16. The minimum atomic E-state index is 1.10. The van der Waals surface area contributed by atoms with Crippen LogP contribution in [0.3, 0.4) is 0 Å². The number of aryl methyl sites for hydroxylation is 2. The zero-order chi connectivity index (χ0) is 19.7. The molecule has 0 radical (unpaired) electrons. The molecule has 0 fully saturated rings. The molecular formula is C26H20Br2. The van der Waals surface area contributed by atoms with Crippen molar-refractivity contribution in [3.8, 4) is 33.4 Å². The van der Waals surface area contributed by atoms with Crippen LogP contribution in [0.2, 0.25) is 0 Å². The van der Waals surface area contributed by atoms with E-state index < -0.39 is 0 Å². The summed E-state index contributed by atoms with van der Waals surface area (Å²) in [6, 6.07) is 30.4. The highest BCUT2D eigenvalue weighted by atomic mass is 79.9. The zero-order valence-corrected chi connectivity index (χ0v) is 19.0. The molecule has 0 unspecified atom stereocenters. The van der Waals surface area contributed by atoms with E-state index >= 15 is 0 Å². The van der Waals surface area contributed by atoms with Gasteiger partial charge in [-0.15, -0.1) is 0 Å². The molecule has 0 spiro atoms. The molecule has 4 rings (SSSR count). The second kappa shape index (κ2) is 8.06. The van der Waals surface area contributed by atoms with Gasteiger partial charge in [0.2, 0.25) is 0 Å². The van der Waals surface area contributed by atoms with E-state index in [0.29, 0.717) is 0 Å². The molecule has 138 valence electrons. The molecule has 0 aromatic heterocycles. The van der Waals surface area contributed by atoms with Crippen molar-refractivity contribution in [2.45, 2.75) is 13.8 Å². The van der Waals surface area contributed by atoms with Crippen molar-refractivity contribution in [3.63, 3.8) is 0 Å². The summed E-state index contributed by atoms with van der Waals surface area (Å²) in [7, 11) is 0. The van der Waals surface area contributed by atoms with Crippen molar-refractivity contribution < 1.29 is 0 Å². The summed E-state index contributed by atoms with van der Waals surface area (Å²) in [5.74, 6) is 0. The van der Waals surface area contributed by atoms with Crippen LogP contribution in [0.1, 0.15) is 11.1 Å². The van der Waals surface area contributed by atoms with Gasteiger partial charge in [0.25, 0.3) is 0 Å². The van der Waals surface area contributed by atoms with Crippen LogP contribution >= 0.6 is 31.9 Å². The molecule has 0 atom stereocenters. The largest absolute Gasteiger partial charge is 0.0537 e. The Morgan fingerprint density at radius 3 is 1.07 bits per heavy atom. The molecule has 28 heavy (non-hydrogen) atoms. The number of rotatable bonds is 3. The highest BCUT2D eigenvalue weighted by molar-refractivity contribution is 9.10. The van der Waals surface area contributed by atoms with Gasteiger partial charge >= 0.3 is 0 Å². The summed E-state index contributed by atoms with van der Waals surface area (Å²) in [5.41, 5.74) is 10.1. The molecule has 0 amide bonds. The third kappa shape index (κ3) is 3.99. The van der Waals surface area contributed by atoms with Gasteiger partial charge in [-0.3, -0.25) is 0 Å². The van der Waals surface area contributed by atoms with Gasteiger partial charge in [0.05, 0.1) is 0 Å². The Labute approximate surface area is 183 Å². The van der Waals surface area contributed by atoms with Crippen LogP contribution in [0.5, 0.6) is 0 Å². The molecule has 0 aliphatic carbocycles. The minimum absolute atomic E-state index is 1.10. The molecule has 2 heteroatoms. The Bertz CT molecular complexity index is 1030. The van der Waals surface area contributed by atoms with Crippen LogP contribution < -0.4 is 0 Å². The van der Waals surface area contributed by atoms with E-state index in [9.17, 15) is 0 Å². The maximum absolute atomic E-state index is 3.51. The van der Waals surface area contributed by atoms with Crippen molar-refractivity contribution in [3.05, 3.63) is 105 Å². The van der Waals surface area contributed by atoms with Gasteiger partial charge in [-0.05, 0) is 82.6 Å². The minimum Gasteiger partial charge on any atom is -0.0537 e. The second-order valence-corrected chi connectivity index (χ2v) is 8.90. The normalized spacial score (nSPS) is 10.9. The van der Waals surface area contributed by atoms with Gasteiger partial charge in [0.15, 0.2) is 0 Å². The fraction of sp³-hybridized carbons (Fsp3) is 0.0769. The van der Waals surface area contributed by atoms with Crippen molar-refractivity contribution in [2.24, 2.45) is 0 Å². The predicted octanol–water partition coefficient (Wildman–Crippen LogP) is 8.83. The lowest BCUT2D eigenvalue weighted by Crippen LogP contribution is -1.88. The molecule has 4 aromatic carbocycles. The molecule has 0 aliphatic rings. The molecule has 0 bridgehead atoms. The Morgan fingerprint density at radius 2 is 0.750 bits per heavy atom. The van der Waals surface area contributed by atoms with Gasteiger partial charge in [-0.25, -0.2) is 0 Å². The first-order valence-corrected chi connectivity index (χ1v) is 10.8. The highest BCUT2D eigenvalue weighted by Crippen LogP contribution is 2.32. The van der Waals surface area contributed by atoms with Gasteiger partial charge in [0, 0.05) is 8.95 Å². The topological polar surface area (TPSA) is 0 Å². The molecular weight excluding hydrogens is 472 g/mol. The van der Waals surface area contributed by atoms with E-state index in [-0.39, 0.29) is 0 Å². The molecule has 4 aromatic rings. The van der Waals surface area contributed by atoms with Gasteiger partial charge in [-0.1, -0.05) is 92.5 Å². The Balaban J connectivity index is 1.67. The summed E-state index contributed by atoms with van der Waals surface area (Å²) in [6.07, 6.45) is 0. The average Bonchev–Trinajstić information content (AvgIpc) is 2.69. The van der Waals surface area contributed by atoms with E-state index in [1.807, 2.05) is 0 Å². The fourth-order valence-electron chi connectivity index (χ4n) is 3.59. The number of halogens is 2. The quantitative estimate of drug-likeness (QED) is 0.268. The Kier molecular flexibility index (Phi) is 5.52. The predicted molar refractivity (Wildman–Crippen MR) is 128 cm³/mol. The number of benzene rings is 4. The second-order valence-electron chi connectivity index (χ2n) is 7.07. The molecule has 0 N–H and O–H groups in total. The van der Waals surface area contributed by atoms with E-state index in [1.54, 1.807) is 0 Å². The van der Waals surface area contributed by atoms with Crippen molar-refractivity contribution in [1.29, 1.82) is 0 Å². The SMILES string of the molecule is Cc1cc(-c2ccc(-c3ccc(Br)cc3)c(C)c2)ccc1-c1ccc(Br)cc1. The highest BCUT2D eigenvalue weighted by Gasteiger charge is 2.08. The van der Waals surface area contributed by atoms with Gasteiger partial charge < -0.3 is 0 Å². The zero-order valence-electron chi connectivity index (χ0n) is 15.8. The lowest BCUT2D eigenvalue weighted by molar-refractivity contribution is 1.42. The molecule has 0 saturated heterocycles. The van der Waals surface area contributed by atoms with Crippen molar-refractivity contribution in [2.75, 3.05) is 0 Å². The maximum atomic E-state index is 3.51. The summed E-state index contributed by atoms with van der Waals surface area (Å²) >= 11 is 7.02. The molecule has 0 aliphatic heterocycles. The maximum Gasteiger partial charge on any atom is 0.0175 e. The standard InChI is InChI=1S/C26H20Br2/c1-17-15-21(7-13-25(17)19-3-9-23(27)10-4-19)22-8-14-26(18(2)16-22)20-5-11-24(28)12-6-20/h3-16H,1-2H3. The van der Waals surface area contributed by atoms with Gasteiger partial charge in [-0.2, -0.15) is 0 Å². The first kappa shape index (κ1) is 19.2. The smallest absolute Gasteiger partial charge is 0.0175 e. The van der Waals surface area contributed by atoms with Crippen LogP contribution in [-0.4, -0.2) is 0 Å². The van der Waals surface area contributed by atoms with Crippen LogP contribution in [0, 0.1) is 13.8 Å². The third-order valence-corrected chi connectivity index (χ3v) is 6.15. The van der Waals surface area contributed by atoms with Crippen molar-refractivity contribution in [1.82, 2.24) is 0 Å². The van der Waals surface area contributed by atoms with E-state index in [4.69, 9.17) is 0 Å². The lowest BCUT2D eigenvalue weighted by Gasteiger charge is -2.12. The van der Waals surface area contributed by atoms with Crippen LogP contribution in [-0.2, 0) is 0 Å². The summed E-state index contributed by atoms with van der Waals surface area (Å²) in [5, 5.41) is 0. The van der Waals surface area contributed by atoms with E-state index in [2.05, 4.69) is 131 Å². The molecule has 0 nitrogen and oxygen atoms in total. The Morgan fingerprint density at radius 1 is 0.429 bits per heavy atom. The number of hydrogen-bond acceptors (Lipinski definition) is 0.